The van der Waals surface area contributed by atoms with E-state index in [2.05, 4.69) is 5.32 Å². The molecule has 0 aromatic heterocycles. The summed E-state index contributed by atoms with van der Waals surface area (Å²) in [5.74, 6) is -0.999. The SMILES string of the molecule is CCCCNC(=O)C(Cc1ccccc1)N(Cc1ccccc1)C(=O)CN(c1cccc([N+](=O)[O-])c1)S(=O)(=O)c1ccccc1. The molecule has 10 nitrogen and oxygen atoms in total. The van der Waals surface area contributed by atoms with Gasteiger partial charge in [0.2, 0.25) is 11.8 Å². The number of rotatable bonds is 15. The maximum Gasteiger partial charge on any atom is 0.271 e. The number of hydrogen-bond acceptors (Lipinski definition) is 6. The standard InChI is InChI=1S/C34H36N4O6S/c1-2-3-22-35-34(40)32(23-27-14-7-4-8-15-27)36(25-28-16-9-5-10-17-28)33(39)26-37(29-18-13-19-30(24-29)38(41)42)45(43,44)31-20-11-6-12-21-31/h4-21,24,32H,2-3,22-23,25-26H2,1H3,(H,35,40). The molecule has 0 aliphatic carbocycles. The number of hydrogen-bond donors (Lipinski definition) is 1. The number of nitrogens with one attached hydrogen (secondary N) is 1. The molecule has 0 spiro atoms. The molecule has 0 saturated heterocycles. The number of carbonyl (C=O) groups excluding carboxylic acids is 2. The number of carbonyl (C=O) groups is 2. The van der Waals surface area contributed by atoms with Gasteiger partial charge in [0, 0.05) is 31.6 Å². The minimum absolute atomic E-state index is 0.0343. The van der Waals surface area contributed by atoms with E-state index in [4.69, 9.17) is 0 Å². The molecule has 2 amide bonds. The van der Waals surface area contributed by atoms with Crippen LogP contribution in [0, 0.1) is 10.1 Å². The first-order valence-electron chi connectivity index (χ1n) is 14.7. The zero-order valence-corrected chi connectivity index (χ0v) is 25.8. The van der Waals surface area contributed by atoms with E-state index in [0.29, 0.717) is 6.54 Å². The zero-order valence-electron chi connectivity index (χ0n) is 25.0. The fraction of sp³-hybridized carbons (Fsp3) is 0.235. The molecule has 234 valence electrons. The molecule has 0 bridgehead atoms. The van der Waals surface area contributed by atoms with Crippen molar-refractivity contribution in [3.8, 4) is 0 Å². The third kappa shape index (κ3) is 8.76. The summed E-state index contributed by atoms with van der Waals surface area (Å²) in [4.78, 5) is 40.4. The van der Waals surface area contributed by atoms with Gasteiger partial charge in [-0.1, -0.05) is 98.3 Å². The number of anilines is 1. The quantitative estimate of drug-likeness (QED) is 0.107. The Morgan fingerprint density at radius 3 is 2.04 bits per heavy atom. The highest BCUT2D eigenvalue weighted by atomic mass is 32.2. The number of unbranched alkanes of at least 4 members (excludes halogenated alkanes) is 1. The topological polar surface area (TPSA) is 130 Å². The summed E-state index contributed by atoms with van der Waals surface area (Å²) in [6.07, 6.45) is 1.82. The first-order chi connectivity index (χ1) is 21.7. The van der Waals surface area contributed by atoms with Gasteiger partial charge in [0.1, 0.15) is 12.6 Å². The number of amides is 2. The molecular formula is C34H36N4O6S. The van der Waals surface area contributed by atoms with Crippen molar-refractivity contribution in [3.63, 3.8) is 0 Å². The van der Waals surface area contributed by atoms with Gasteiger partial charge in [-0.25, -0.2) is 8.42 Å². The maximum absolute atomic E-state index is 14.4. The van der Waals surface area contributed by atoms with E-state index in [-0.39, 0.29) is 35.1 Å². The van der Waals surface area contributed by atoms with Gasteiger partial charge in [-0.2, -0.15) is 0 Å². The molecule has 0 saturated carbocycles. The highest BCUT2D eigenvalue weighted by Crippen LogP contribution is 2.28. The van der Waals surface area contributed by atoms with Gasteiger partial charge in [-0.3, -0.25) is 24.0 Å². The Kier molecular flexibility index (Phi) is 11.4. The van der Waals surface area contributed by atoms with Crippen molar-refractivity contribution in [1.82, 2.24) is 10.2 Å². The maximum atomic E-state index is 14.4. The normalized spacial score (nSPS) is 11.8. The molecule has 0 fully saturated rings. The van der Waals surface area contributed by atoms with Crippen LogP contribution in [-0.4, -0.2) is 49.2 Å². The second-order valence-corrected chi connectivity index (χ2v) is 12.3. The monoisotopic (exact) mass is 628 g/mol. The van der Waals surface area contributed by atoms with Crippen LogP contribution in [0.2, 0.25) is 0 Å². The summed E-state index contributed by atoms with van der Waals surface area (Å²) in [6, 6.07) is 30.2. The van der Waals surface area contributed by atoms with Gasteiger partial charge >= 0.3 is 0 Å². The number of non-ortho nitro benzene ring substituents is 1. The molecule has 4 rings (SSSR count). The molecule has 0 aliphatic heterocycles. The van der Waals surface area contributed by atoms with E-state index < -0.39 is 33.4 Å². The van der Waals surface area contributed by atoms with Crippen LogP contribution in [-0.2, 0) is 32.6 Å². The third-order valence-corrected chi connectivity index (χ3v) is 9.02. The molecule has 11 heteroatoms. The molecule has 0 radical (unpaired) electrons. The van der Waals surface area contributed by atoms with Crippen molar-refractivity contribution < 1.29 is 22.9 Å². The van der Waals surface area contributed by atoms with Crippen molar-refractivity contribution in [2.75, 3.05) is 17.4 Å². The van der Waals surface area contributed by atoms with Crippen molar-refractivity contribution in [2.24, 2.45) is 0 Å². The van der Waals surface area contributed by atoms with Gasteiger partial charge in [0.15, 0.2) is 0 Å². The Hall–Kier alpha value is -5.03. The van der Waals surface area contributed by atoms with Gasteiger partial charge in [0.05, 0.1) is 15.5 Å². The lowest BCUT2D eigenvalue weighted by Gasteiger charge is -2.34. The number of nitro benzene ring substituents is 1. The van der Waals surface area contributed by atoms with Crippen LogP contribution in [0.15, 0.2) is 120 Å². The van der Waals surface area contributed by atoms with E-state index in [0.717, 1.165) is 34.3 Å². The Labute approximate surface area is 263 Å². The number of nitrogens with zero attached hydrogens (tertiary/aromatic N) is 3. The largest absolute Gasteiger partial charge is 0.354 e. The van der Waals surface area contributed by atoms with Crippen molar-refractivity contribution in [2.45, 2.75) is 43.7 Å². The van der Waals surface area contributed by atoms with Crippen LogP contribution < -0.4 is 9.62 Å². The fourth-order valence-corrected chi connectivity index (χ4v) is 6.28. The van der Waals surface area contributed by atoms with Crippen molar-refractivity contribution in [3.05, 3.63) is 137 Å². The number of nitro groups is 1. The van der Waals surface area contributed by atoms with Crippen LogP contribution in [0.1, 0.15) is 30.9 Å². The summed E-state index contributed by atoms with van der Waals surface area (Å²) in [5, 5.41) is 14.5. The molecule has 1 atom stereocenters. The lowest BCUT2D eigenvalue weighted by molar-refractivity contribution is -0.384. The Morgan fingerprint density at radius 1 is 0.844 bits per heavy atom. The lowest BCUT2D eigenvalue weighted by Crippen LogP contribution is -2.53. The molecule has 4 aromatic carbocycles. The summed E-state index contributed by atoms with van der Waals surface area (Å²) in [6.45, 7) is 1.77. The first-order valence-corrected chi connectivity index (χ1v) is 16.1. The molecule has 0 heterocycles. The van der Waals surface area contributed by atoms with Crippen molar-refractivity contribution in [1.29, 1.82) is 0 Å². The lowest BCUT2D eigenvalue weighted by atomic mass is 10.0. The summed E-state index contributed by atoms with van der Waals surface area (Å²) in [7, 11) is -4.36. The van der Waals surface area contributed by atoms with E-state index in [1.165, 1.54) is 35.2 Å². The summed E-state index contributed by atoms with van der Waals surface area (Å²) in [5.41, 5.74) is 1.20. The third-order valence-electron chi connectivity index (χ3n) is 7.24. The van der Waals surface area contributed by atoms with Crippen molar-refractivity contribution >= 4 is 33.2 Å². The summed E-state index contributed by atoms with van der Waals surface area (Å²) < 4.78 is 28.9. The van der Waals surface area contributed by atoms with Crippen LogP contribution in [0.4, 0.5) is 11.4 Å². The second-order valence-electron chi connectivity index (χ2n) is 10.5. The van der Waals surface area contributed by atoms with Crippen LogP contribution >= 0.6 is 0 Å². The Balaban J connectivity index is 1.79. The van der Waals surface area contributed by atoms with E-state index in [1.54, 1.807) is 18.2 Å². The van der Waals surface area contributed by atoms with E-state index in [1.807, 2.05) is 67.6 Å². The first kappa shape index (κ1) is 32.9. The molecule has 0 aliphatic rings. The Morgan fingerprint density at radius 2 is 1.44 bits per heavy atom. The molecular weight excluding hydrogens is 592 g/mol. The molecule has 1 unspecified atom stereocenters. The molecule has 45 heavy (non-hydrogen) atoms. The molecule has 1 N–H and O–H groups in total. The average Bonchev–Trinajstić information content (AvgIpc) is 3.06. The van der Waals surface area contributed by atoms with E-state index >= 15 is 0 Å². The fourth-order valence-electron chi connectivity index (χ4n) is 4.85. The summed E-state index contributed by atoms with van der Waals surface area (Å²) >= 11 is 0. The minimum atomic E-state index is -4.36. The average molecular weight is 629 g/mol. The zero-order chi connectivity index (χ0) is 32.2. The van der Waals surface area contributed by atoms with Crippen LogP contribution in [0.25, 0.3) is 0 Å². The second kappa shape index (κ2) is 15.6. The minimum Gasteiger partial charge on any atom is -0.354 e. The van der Waals surface area contributed by atoms with Gasteiger partial charge in [-0.05, 0) is 35.7 Å². The number of sulfonamides is 1. The highest BCUT2D eigenvalue weighted by molar-refractivity contribution is 7.92. The van der Waals surface area contributed by atoms with Crippen LogP contribution in [0.3, 0.4) is 0 Å². The van der Waals surface area contributed by atoms with E-state index in [9.17, 15) is 28.1 Å². The predicted octanol–water partition coefficient (Wildman–Crippen LogP) is 5.35. The Bertz CT molecular complexity index is 1690. The van der Waals surface area contributed by atoms with Gasteiger partial charge in [-0.15, -0.1) is 0 Å². The predicted molar refractivity (Wildman–Crippen MR) is 173 cm³/mol. The smallest absolute Gasteiger partial charge is 0.271 e. The van der Waals surface area contributed by atoms with Gasteiger partial charge < -0.3 is 10.2 Å². The number of benzene rings is 4. The van der Waals surface area contributed by atoms with Crippen LogP contribution in [0.5, 0.6) is 0 Å². The molecule has 4 aromatic rings. The van der Waals surface area contributed by atoms with Gasteiger partial charge in [0.25, 0.3) is 15.7 Å². The highest BCUT2D eigenvalue weighted by Gasteiger charge is 2.35.